The molecule has 1 amide bonds. The Balaban J connectivity index is 2.06. The highest BCUT2D eigenvalue weighted by Gasteiger charge is 2.46. The minimum Gasteiger partial charge on any atom is -0.507 e. The summed E-state index contributed by atoms with van der Waals surface area (Å²) >= 11 is 5.94. The largest absolute Gasteiger partial charge is 0.507 e. The molecule has 0 aliphatic carbocycles. The number of Topliss-reactive ketones (excluding diaryl/α,β-unsaturated/α-hetero) is 1. The number of ketones is 1. The van der Waals surface area contributed by atoms with Gasteiger partial charge in [0.15, 0.2) is 0 Å². The van der Waals surface area contributed by atoms with Crippen LogP contribution < -0.4 is 4.90 Å². The van der Waals surface area contributed by atoms with Crippen molar-refractivity contribution in [3.63, 3.8) is 0 Å². The summed E-state index contributed by atoms with van der Waals surface area (Å²) in [6, 6.07) is 15.4. The molecule has 6 heteroatoms. The number of nitrogens with one attached hydrogen (secondary N) is 1. The van der Waals surface area contributed by atoms with Crippen molar-refractivity contribution in [2.24, 2.45) is 0 Å². The summed E-state index contributed by atoms with van der Waals surface area (Å²) in [6.07, 6.45) is 0. The van der Waals surface area contributed by atoms with Crippen molar-refractivity contribution in [1.82, 2.24) is 4.90 Å². The molecule has 5 nitrogen and oxygen atoms in total. The number of hydrogen-bond acceptors (Lipinski definition) is 3. The number of benzene rings is 2. The van der Waals surface area contributed by atoms with Crippen LogP contribution in [0.4, 0.5) is 0 Å². The molecular formula is C23H26ClN2O3+. The van der Waals surface area contributed by atoms with Gasteiger partial charge in [0.2, 0.25) is 0 Å². The topological polar surface area (TPSA) is 62.0 Å². The first-order valence-electron chi connectivity index (χ1n) is 9.90. The van der Waals surface area contributed by atoms with Gasteiger partial charge in [-0.25, -0.2) is 0 Å². The Morgan fingerprint density at radius 1 is 1.03 bits per heavy atom. The van der Waals surface area contributed by atoms with E-state index in [4.69, 9.17) is 11.6 Å². The average Bonchev–Trinajstić information content (AvgIpc) is 3.00. The summed E-state index contributed by atoms with van der Waals surface area (Å²) in [5, 5.41) is 11.5. The number of hydrogen-bond donors (Lipinski definition) is 2. The van der Waals surface area contributed by atoms with E-state index in [1.54, 1.807) is 29.2 Å². The maximum Gasteiger partial charge on any atom is 0.295 e. The first-order chi connectivity index (χ1) is 14.0. The molecule has 0 unspecified atom stereocenters. The molecule has 152 valence electrons. The third-order valence-corrected chi connectivity index (χ3v) is 5.73. The third-order valence-electron chi connectivity index (χ3n) is 5.48. The zero-order valence-corrected chi connectivity index (χ0v) is 17.4. The van der Waals surface area contributed by atoms with Gasteiger partial charge in [-0.05, 0) is 43.7 Å². The highest BCUT2D eigenvalue weighted by atomic mass is 35.5. The van der Waals surface area contributed by atoms with Crippen LogP contribution in [0.25, 0.3) is 5.76 Å². The van der Waals surface area contributed by atoms with Crippen molar-refractivity contribution in [3.05, 3.63) is 76.3 Å². The molecule has 2 aromatic carbocycles. The van der Waals surface area contributed by atoms with Gasteiger partial charge in [-0.2, -0.15) is 0 Å². The number of nitrogens with zero attached hydrogens (tertiary/aromatic N) is 1. The molecule has 29 heavy (non-hydrogen) atoms. The van der Waals surface area contributed by atoms with Crippen LogP contribution in [0.3, 0.4) is 0 Å². The zero-order chi connectivity index (χ0) is 21.0. The normalized spacial score (nSPS) is 18.6. The Labute approximate surface area is 176 Å². The Hall–Kier alpha value is -2.63. The Morgan fingerprint density at radius 2 is 1.66 bits per heavy atom. The predicted molar refractivity (Wildman–Crippen MR) is 114 cm³/mol. The average molecular weight is 414 g/mol. The van der Waals surface area contributed by atoms with E-state index in [1.165, 1.54) is 4.90 Å². The second-order valence-electron chi connectivity index (χ2n) is 7.12. The lowest BCUT2D eigenvalue weighted by Crippen LogP contribution is -3.12. The van der Waals surface area contributed by atoms with Crippen LogP contribution in [0.15, 0.2) is 60.2 Å². The number of carbonyl (C=O) groups excluding carboxylic acids is 2. The lowest BCUT2D eigenvalue weighted by molar-refractivity contribution is -0.895. The van der Waals surface area contributed by atoms with Crippen molar-refractivity contribution in [2.75, 3.05) is 26.2 Å². The highest BCUT2D eigenvalue weighted by molar-refractivity contribution is 6.46. The molecule has 0 saturated carbocycles. The van der Waals surface area contributed by atoms with Crippen LogP contribution in [-0.4, -0.2) is 47.9 Å². The lowest BCUT2D eigenvalue weighted by Gasteiger charge is -2.26. The number of rotatable bonds is 7. The predicted octanol–water partition coefficient (Wildman–Crippen LogP) is 2.69. The van der Waals surface area contributed by atoms with Gasteiger partial charge in [-0.15, -0.1) is 0 Å². The number of halogens is 1. The molecule has 3 rings (SSSR count). The molecule has 0 aromatic heterocycles. The summed E-state index contributed by atoms with van der Waals surface area (Å²) in [6.45, 7) is 7.27. The number of likely N-dealkylation sites (N-methyl/N-ethyl adjacent to an activating group) is 1. The minimum absolute atomic E-state index is 0.123. The molecule has 0 radical (unpaired) electrons. The number of likely N-dealkylation sites (tertiary alicyclic amines) is 1. The van der Waals surface area contributed by atoms with E-state index in [0.717, 1.165) is 25.2 Å². The molecule has 1 aliphatic heterocycles. The standard InChI is InChI=1S/C23H25ClN2O3/c1-3-25(4-2)14-15-26-20(16-8-6-5-7-9-16)19(22(28)23(26)29)21(27)17-10-12-18(24)13-11-17/h5-13,20,27H,3-4,14-15H2,1-2H3/p+1/t20-/m0/s1. The molecule has 1 atom stereocenters. The molecule has 2 aromatic rings. The van der Waals surface area contributed by atoms with Crippen molar-refractivity contribution >= 4 is 29.1 Å². The summed E-state index contributed by atoms with van der Waals surface area (Å²) < 4.78 is 0. The van der Waals surface area contributed by atoms with Crippen LogP contribution >= 0.6 is 11.6 Å². The fraction of sp³-hybridized carbons (Fsp3) is 0.304. The van der Waals surface area contributed by atoms with Gasteiger partial charge in [-0.3, -0.25) is 9.59 Å². The summed E-state index contributed by atoms with van der Waals surface area (Å²) in [5.41, 5.74) is 1.39. The van der Waals surface area contributed by atoms with Gasteiger partial charge in [0, 0.05) is 10.6 Å². The van der Waals surface area contributed by atoms with Crippen molar-refractivity contribution in [3.8, 4) is 0 Å². The maximum atomic E-state index is 12.9. The summed E-state index contributed by atoms with van der Waals surface area (Å²) in [7, 11) is 0. The SMILES string of the molecule is CC[NH+](CC)CCN1C(=O)C(=O)C(=C(O)c2ccc(Cl)cc2)[C@@H]1c1ccccc1. The molecule has 1 aliphatic rings. The first kappa shape index (κ1) is 21.1. The minimum atomic E-state index is -0.652. The summed E-state index contributed by atoms with van der Waals surface area (Å²) in [4.78, 5) is 28.7. The van der Waals surface area contributed by atoms with E-state index in [9.17, 15) is 14.7 Å². The van der Waals surface area contributed by atoms with Crippen molar-refractivity contribution < 1.29 is 19.6 Å². The van der Waals surface area contributed by atoms with Crippen molar-refractivity contribution in [2.45, 2.75) is 19.9 Å². The lowest BCUT2D eigenvalue weighted by atomic mass is 9.95. The van der Waals surface area contributed by atoms with E-state index in [0.29, 0.717) is 17.1 Å². The quantitative estimate of drug-likeness (QED) is 0.417. The van der Waals surface area contributed by atoms with Crippen LogP contribution in [-0.2, 0) is 9.59 Å². The summed E-state index contributed by atoms with van der Waals surface area (Å²) in [5.74, 6) is -1.40. The van der Waals surface area contributed by atoms with Crippen molar-refractivity contribution in [1.29, 1.82) is 0 Å². The molecule has 0 spiro atoms. The second kappa shape index (κ2) is 9.25. The van der Waals surface area contributed by atoms with Gasteiger partial charge in [0.05, 0.1) is 37.8 Å². The highest BCUT2D eigenvalue weighted by Crippen LogP contribution is 2.39. The van der Waals surface area contributed by atoms with Crippen LogP contribution in [0.1, 0.15) is 31.0 Å². The Bertz CT molecular complexity index is 905. The van der Waals surface area contributed by atoms with E-state index >= 15 is 0 Å². The van der Waals surface area contributed by atoms with Crippen LogP contribution in [0.5, 0.6) is 0 Å². The van der Waals surface area contributed by atoms with Gasteiger partial charge in [-0.1, -0.05) is 41.9 Å². The van der Waals surface area contributed by atoms with Crippen LogP contribution in [0, 0.1) is 0 Å². The number of amides is 1. The Kier molecular flexibility index (Phi) is 6.72. The molecular weight excluding hydrogens is 388 g/mol. The van der Waals surface area contributed by atoms with Crippen LogP contribution in [0.2, 0.25) is 5.02 Å². The number of carbonyl (C=O) groups is 2. The zero-order valence-electron chi connectivity index (χ0n) is 16.7. The maximum absolute atomic E-state index is 12.9. The molecule has 1 saturated heterocycles. The smallest absolute Gasteiger partial charge is 0.295 e. The van der Waals surface area contributed by atoms with Gasteiger partial charge < -0.3 is 14.9 Å². The van der Waals surface area contributed by atoms with Gasteiger partial charge >= 0.3 is 0 Å². The molecule has 1 fully saturated rings. The fourth-order valence-corrected chi connectivity index (χ4v) is 3.86. The second-order valence-corrected chi connectivity index (χ2v) is 7.55. The van der Waals surface area contributed by atoms with E-state index < -0.39 is 17.7 Å². The fourth-order valence-electron chi connectivity index (χ4n) is 3.74. The molecule has 2 N–H and O–H groups in total. The monoisotopic (exact) mass is 413 g/mol. The Morgan fingerprint density at radius 3 is 2.24 bits per heavy atom. The molecule has 1 heterocycles. The van der Waals surface area contributed by atoms with Gasteiger partial charge in [0.1, 0.15) is 5.76 Å². The third kappa shape index (κ3) is 4.36. The van der Waals surface area contributed by atoms with E-state index in [1.807, 2.05) is 30.3 Å². The molecule has 0 bridgehead atoms. The number of quaternary nitrogens is 1. The first-order valence-corrected chi connectivity index (χ1v) is 10.3. The van der Waals surface area contributed by atoms with E-state index in [-0.39, 0.29) is 11.3 Å². The van der Waals surface area contributed by atoms with E-state index in [2.05, 4.69) is 13.8 Å². The number of aliphatic hydroxyl groups is 1. The number of aliphatic hydroxyl groups excluding tert-OH is 1. The van der Waals surface area contributed by atoms with Gasteiger partial charge in [0.25, 0.3) is 11.7 Å².